The van der Waals surface area contributed by atoms with Crippen LogP contribution in [0.15, 0.2) is 90.7 Å². The van der Waals surface area contributed by atoms with Gasteiger partial charge in [-0.2, -0.15) is 5.10 Å². The zero-order valence-electron chi connectivity index (χ0n) is 18.4. The summed E-state index contributed by atoms with van der Waals surface area (Å²) in [5, 5.41) is 11.1. The number of guanidine groups is 1. The first kappa shape index (κ1) is 21.4. The van der Waals surface area contributed by atoms with Crippen LogP contribution in [-0.2, 0) is 26.2 Å². The molecule has 4 rings (SSSR count). The molecule has 0 spiro atoms. The highest BCUT2D eigenvalue weighted by Gasteiger charge is 2.05. The summed E-state index contributed by atoms with van der Waals surface area (Å²) in [6.45, 7) is 5.76. The van der Waals surface area contributed by atoms with Crippen LogP contribution < -0.4 is 10.6 Å². The van der Waals surface area contributed by atoms with Crippen LogP contribution in [0.4, 0.5) is 0 Å². The van der Waals surface area contributed by atoms with E-state index in [1.165, 1.54) is 22.3 Å². The molecule has 0 aliphatic carbocycles. The Kier molecular flexibility index (Phi) is 7.31. The minimum absolute atomic E-state index is 0.613. The second-order valence-electron chi connectivity index (χ2n) is 7.58. The molecule has 2 aromatic heterocycles. The Labute approximate surface area is 188 Å². The van der Waals surface area contributed by atoms with E-state index >= 15 is 0 Å². The van der Waals surface area contributed by atoms with Gasteiger partial charge in [-0.25, -0.2) is 9.98 Å². The molecule has 164 valence electrons. The summed E-state index contributed by atoms with van der Waals surface area (Å²) in [6, 6.07) is 18.9. The smallest absolute Gasteiger partial charge is 0.191 e. The third-order valence-corrected chi connectivity index (χ3v) is 5.14. The van der Waals surface area contributed by atoms with Crippen molar-refractivity contribution in [2.45, 2.75) is 33.1 Å². The van der Waals surface area contributed by atoms with Crippen LogP contribution in [-0.4, -0.2) is 31.8 Å². The summed E-state index contributed by atoms with van der Waals surface area (Å²) in [7, 11) is 0. The first-order valence-electron chi connectivity index (χ1n) is 10.9. The van der Waals surface area contributed by atoms with Crippen LogP contribution in [0.3, 0.4) is 0 Å². The summed E-state index contributed by atoms with van der Waals surface area (Å²) in [6.07, 6.45) is 9.40. The lowest BCUT2D eigenvalue weighted by Gasteiger charge is -2.14. The highest BCUT2D eigenvalue weighted by molar-refractivity contribution is 5.79. The number of nitrogens with zero attached hydrogens (tertiary/aromatic N) is 5. The van der Waals surface area contributed by atoms with E-state index in [4.69, 9.17) is 4.99 Å². The monoisotopic (exact) mass is 427 g/mol. The van der Waals surface area contributed by atoms with E-state index in [1.54, 1.807) is 12.4 Å². The summed E-state index contributed by atoms with van der Waals surface area (Å²) >= 11 is 0. The fourth-order valence-corrected chi connectivity index (χ4v) is 3.56. The number of imidazole rings is 1. The highest BCUT2D eigenvalue weighted by Crippen LogP contribution is 2.11. The van der Waals surface area contributed by atoms with Gasteiger partial charge in [0, 0.05) is 44.4 Å². The minimum Gasteiger partial charge on any atom is -0.357 e. The quantitative estimate of drug-likeness (QED) is 0.317. The van der Waals surface area contributed by atoms with Crippen molar-refractivity contribution in [1.29, 1.82) is 0 Å². The first-order chi connectivity index (χ1) is 15.8. The van der Waals surface area contributed by atoms with Gasteiger partial charge in [0.1, 0.15) is 0 Å². The Balaban J connectivity index is 1.40. The summed E-state index contributed by atoms with van der Waals surface area (Å²) in [4.78, 5) is 8.91. The van der Waals surface area contributed by atoms with Gasteiger partial charge in [-0.15, -0.1) is 0 Å². The predicted molar refractivity (Wildman–Crippen MR) is 127 cm³/mol. The molecular weight excluding hydrogens is 398 g/mol. The Morgan fingerprint density at radius 2 is 1.78 bits per heavy atom. The molecule has 0 aliphatic rings. The lowest BCUT2D eigenvalue weighted by Crippen LogP contribution is -2.37. The molecule has 0 fully saturated rings. The molecule has 0 aliphatic heterocycles. The Morgan fingerprint density at radius 3 is 2.56 bits per heavy atom. The molecule has 0 unspecified atom stereocenters. The van der Waals surface area contributed by atoms with Crippen molar-refractivity contribution in [3.8, 4) is 0 Å². The van der Waals surface area contributed by atoms with Crippen LogP contribution in [0.25, 0.3) is 0 Å². The zero-order valence-corrected chi connectivity index (χ0v) is 18.4. The molecule has 0 amide bonds. The van der Waals surface area contributed by atoms with Gasteiger partial charge in [0.25, 0.3) is 0 Å². The zero-order chi connectivity index (χ0) is 22.0. The molecule has 0 saturated heterocycles. The topological polar surface area (TPSA) is 72.1 Å². The van der Waals surface area contributed by atoms with Gasteiger partial charge >= 0.3 is 0 Å². The minimum atomic E-state index is 0.613. The first-order valence-corrected chi connectivity index (χ1v) is 10.9. The van der Waals surface area contributed by atoms with E-state index in [0.29, 0.717) is 13.1 Å². The van der Waals surface area contributed by atoms with Crippen molar-refractivity contribution in [3.63, 3.8) is 0 Å². The van der Waals surface area contributed by atoms with Crippen LogP contribution in [0.2, 0.25) is 0 Å². The van der Waals surface area contributed by atoms with Gasteiger partial charge in [0.05, 0.1) is 19.4 Å². The molecule has 2 aromatic carbocycles. The van der Waals surface area contributed by atoms with Crippen molar-refractivity contribution in [2.75, 3.05) is 6.54 Å². The standard InChI is InChI=1S/C25H29N7/c1-2-27-25(28-16-21-7-5-8-22(15-21)18-31-14-12-26-20-31)29-17-23-9-3-4-10-24(23)19-32-13-6-11-30-32/h3-15,20H,2,16-19H2,1H3,(H2,27,28,29). The van der Waals surface area contributed by atoms with Gasteiger partial charge in [-0.3, -0.25) is 4.68 Å². The van der Waals surface area contributed by atoms with Crippen LogP contribution in [0, 0.1) is 0 Å². The highest BCUT2D eigenvalue weighted by atomic mass is 15.3. The maximum absolute atomic E-state index is 4.80. The van der Waals surface area contributed by atoms with Gasteiger partial charge in [0.2, 0.25) is 0 Å². The number of aromatic nitrogens is 4. The number of aliphatic imine (C=N–C) groups is 1. The van der Waals surface area contributed by atoms with E-state index in [1.807, 2.05) is 29.5 Å². The average molecular weight is 428 g/mol. The van der Waals surface area contributed by atoms with Crippen molar-refractivity contribution in [2.24, 2.45) is 4.99 Å². The maximum Gasteiger partial charge on any atom is 0.191 e. The van der Waals surface area contributed by atoms with E-state index in [9.17, 15) is 0 Å². The Morgan fingerprint density at radius 1 is 0.906 bits per heavy atom. The summed E-state index contributed by atoms with van der Waals surface area (Å²) < 4.78 is 4.00. The van der Waals surface area contributed by atoms with Crippen molar-refractivity contribution in [1.82, 2.24) is 30.0 Å². The molecule has 0 radical (unpaired) electrons. The molecule has 2 N–H and O–H groups in total. The third kappa shape index (κ3) is 6.07. The number of hydrogen-bond donors (Lipinski definition) is 2. The fourth-order valence-electron chi connectivity index (χ4n) is 3.56. The van der Waals surface area contributed by atoms with E-state index in [2.05, 4.69) is 80.7 Å². The van der Waals surface area contributed by atoms with E-state index in [-0.39, 0.29) is 0 Å². The van der Waals surface area contributed by atoms with Crippen LogP contribution in [0.5, 0.6) is 0 Å². The Bertz CT molecular complexity index is 1110. The van der Waals surface area contributed by atoms with Gasteiger partial charge in [-0.05, 0) is 35.2 Å². The average Bonchev–Trinajstić information content (AvgIpc) is 3.51. The molecule has 0 saturated carbocycles. The summed E-state index contributed by atoms with van der Waals surface area (Å²) in [5.74, 6) is 0.807. The predicted octanol–water partition coefficient (Wildman–Crippen LogP) is 3.43. The number of rotatable bonds is 9. The van der Waals surface area contributed by atoms with Gasteiger partial charge in [0.15, 0.2) is 5.96 Å². The fraction of sp³-hybridized carbons (Fsp3) is 0.240. The van der Waals surface area contributed by atoms with Crippen LogP contribution in [0.1, 0.15) is 29.2 Å². The van der Waals surface area contributed by atoms with E-state index in [0.717, 1.165) is 25.6 Å². The lowest BCUT2D eigenvalue weighted by molar-refractivity contribution is 0.677. The van der Waals surface area contributed by atoms with Crippen molar-refractivity contribution >= 4 is 5.96 Å². The number of hydrogen-bond acceptors (Lipinski definition) is 3. The molecule has 0 bridgehead atoms. The lowest BCUT2D eigenvalue weighted by atomic mass is 10.1. The third-order valence-electron chi connectivity index (χ3n) is 5.14. The molecule has 4 aromatic rings. The van der Waals surface area contributed by atoms with Crippen molar-refractivity contribution < 1.29 is 0 Å². The van der Waals surface area contributed by atoms with Crippen LogP contribution >= 0.6 is 0 Å². The second-order valence-corrected chi connectivity index (χ2v) is 7.58. The summed E-state index contributed by atoms with van der Waals surface area (Å²) in [5.41, 5.74) is 4.89. The SMILES string of the molecule is CCNC(=NCc1cccc(Cn2ccnc2)c1)NCc1ccccc1Cn1cccn1. The molecule has 2 heterocycles. The normalized spacial score (nSPS) is 11.5. The molecule has 0 atom stereocenters. The maximum atomic E-state index is 4.80. The number of benzene rings is 2. The van der Waals surface area contributed by atoms with Crippen molar-refractivity contribution in [3.05, 3.63) is 108 Å². The molecule has 7 heteroatoms. The van der Waals surface area contributed by atoms with Gasteiger partial charge < -0.3 is 15.2 Å². The number of nitrogens with one attached hydrogen (secondary N) is 2. The molecule has 7 nitrogen and oxygen atoms in total. The molecule has 32 heavy (non-hydrogen) atoms. The van der Waals surface area contributed by atoms with E-state index < -0.39 is 0 Å². The second kappa shape index (κ2) is 10.9. The largest absolute Gasteiger partial charge is 0.357 e. The Hall–Kier alpha value is -3.87. The molecular formula is C25H29N7. The van der Waals surface area contributed by atoms with Gasteiger partial charge in [-0.1, -0.05) is 48.5 Å².